The predicted molar refractivity (Wildman–Crippen MR) is 108 cm³/mol. The van der Waals surface area contributed by atoms with Gasteiger partial charge in [0, 0.05) is 22.7 Å². The molecule has 1 amide bonds. The fourth-order valence-electron chi connectivity index (χ4n) is 3.49. The lowest BCUT2D eigenvalue weighted by molar-refractivity contribution is 0.0932. The number of hydrogen-bond donors (Lipinski definition) is 1. The summed E-state index contributed by atoms with van der Waals surface area (Å²) in [4.78, 5) is 24.7. The van der Waals surface area contributed by atoms with Crippen molar-refractivity contribution in [1.29, 1.82) is 0 Å². The third-order valence-corrected chi connectivity index (χ3v) is 5.06. The molecule has 1 saturated carbocycles. The Hall–Kier alpha value is -3.29. The van der Waals surface area contributed by atoms with Gasteiger partial charge in [0.1, 0.15) is 5.82 Å². The number of aromatic nitrogens is 2. The van der Waals surface area contributed by atoms with Crippen LogP contribution in [0.15, 0.2) is 53.5 Å². The molecule has 0 unspecified atom stereocenters. The monoisotopic (exact) mass is 412 g/mol. The first-order valence-electron chi connectivity index (χ1n) is 9.67. The lowest BCUT2D eigenvalue weighted by Crippen LogP contribution is -2.37. The van der Waals surface area contributed by atoms with Gasteiger partial charge in [0.05, 0.1) is 5.52 Å². The standard InChI is InChI=1S/C22H19F3N4O/c23-14-7-5-13(6-8-14)22(30)27-16-11-9-15(10-12-16)26-20-17-3-1-2-4-18(17)28-21(29-20)19(24)25/h1-8,16,19H,9-12H2,(H,27,30). The van der Waals surface area contributed by atoms with Gasteiger partial charge < -0.3 is 5.32 Å². The van der Waals surface area contributed by atoms with E-state index in [2.05, 4.69) is 20.3 Å². The number of carbonyl (C=O) groups is 1. The van der Waals surface area contributed by atoms with E-state index in [1.165, 1.54) is 24.3 Å². The van der Waals surface area contributed by atoms with Crippen LogP contribution in [0.3, 0.4) is 0 Å². The highest BCUT2D eigenvalue weighted by atomic mass is 19.3. The second-order valence-electron chi connectivity index (χ2n) is 7.16. The fourth-order valence-corrected chi connectivity index (χ4v) is 3.49. The maximum absolute atomic E-state index is 13.2. The van der Waals surface area contributed by atoms with E-state index >= 15 is 0 Å². The first-order chi connectivity index (χ1) is 14.5. The van der Waals surface area contributed by atoms with Crippen LogP contribution >= 0.6 is 0 Å². The van der Waals surface area contributed by atoms with Crippen molar-refractivity contribution in [3.63, 3.8) is 0 Å². The van der Waals surface area contributed by atoms with Gasteiger partial charge in [-0.05, 0) is 62.1 Å². The second kappa shape index (κ2) is 8.61. The molecule has 30 heavy (non-hydrogen) atoms. The Bertz CT molecular complexity index is 1090. The van der Waals surface area contributed by atoms with Gasteiger partial charge in [-0.15, -0.1) is 0 Å². The molecule has 2 aromatic carbocycles. The smallest absolute Gasteiger partial charge is 0.297 e. The molecule has 0 spiro atoms. The van der Waals surface area contributed by atoms with Crippen LogP contribution in [-0.4, -0.2) is 27.6 Å². The van der Waals surface area contributed by atoms with Crippen LogP contribution in [0.25, 0.3) is 10.9 Å². The van der Waals surface area contributed by atoms with Crippen LogP contribution in [0.2, 0.25) is 0 Å². The van der Waals surface area contributed by atoms with Gasteiger partial charge in [-0.2, -0.15) is 0 Å². The van der Waals surface area contributed by atoms with Crippen LogP contribution in [-0.2, 0) is 0 Å². The number of rotatable bonds is 4. The number of benzene rings is 2. The highest BCUT2D eigenvalue weighted by Gasteiger charge is 2.21. The predicted octanol–water partition coefficient (Wildman–Crippen LogP) is 5.15. The minimum absolute atomic E-state index is 0.0275. The van der Waals surface area contributed by atoms with Crippen LogP contribution in [0.5, 0.6) is 0 Å². The molecule has 8 heteroatoms. The van der Waals surface area contributed by atoms with Gasteiger partial charge in [-0.1, -0.05) is 12.1 Å². The molecule has 1 aliphatic rings. The summed E-state index contributed by atoms with van der Waals surface area (Å²) in [7, 11) is 0. The lowest BCUT2D eigenvalue weighted by Gasteiger charge is -2.24. The Kier molecular flexibility index (Phi) is 5.74. The van der Waals surface area contributed by atoms with Crippen LogP contribution in [0, 0.1) is 5.82 Å². The summed E-state index contributed by atoms with van der Waals surface area (Å²) in [5, 5.41) is 3.58. The topological polar surface area (TPSA) is 67.2 Å². The molecule has 0 saturated heterocycles. The minimum atomic E-state index is -2.77. The van der Waals surface area contributed by atoms with Crippen molar-refractivity contribution in [3.05, 3.63) is 65.7 Å². The maximum atomic E-state index is 13.2. The zero-order valence-corrected chi connectivity index (χ0v) is 16.0. The minimum Gasteiger partial charge on any atom is -0.349 e. The van der Waals surface area contributed by atoms with Gasteiger partial charge in [0.2, 0.25) is 0 Å². The van der Waals surface area contributed by atoms with Crippen molar-refractivity contribution < 1.29 is 18.0 Å². The Morgan fingerprint density at radius 3 is 2.43 bits per heavy atom. The van der Waals surface area contributed by atoms with E-state index in [1.807, 2.05) is 0 Å². The molecule has 1 heterocycles. The number of halogens is 3. The van der Waals surface area contributed by atoms with E-state index < -0.39 is 18.1 Å². The Morgan fingerprint density at radius 1 is 1.03 bits per heavy atom. The Labute approximate surface area is 171 Å². The maximum Gasteiger partial charge on any atom is 0.297 e. The molecule has 4 rings (SSSR count). The van der Waals surface area contributed by atoms with Gasteiger partial charge in [0.25, 0.3) is 12.3 Å². The summed E-state index contributed by atoms with van der Waals surface area (Å²) in [6.45, 7) is 0. The Balaban J connectivity index is 1.46. The summed E-state index contributed by atoms with van der Waals surface area (Å²) in [6, 6.07) is 12.3. The van der Waals surface area contributed by atoms with Crippen molar-refractivity contribution in [2.45, 2.75) is 38.2 Å². The third kappa shape index (κ3) is 4.48. The van der Waals surface area contributed by atoms with Gasteiger partial charge in [-0.3, -0.25) is 4.79 Å². The van der Waals surface area contributed by atoms with Crippen molar-refractivity contribution in [1.82, 2.24) is 15.3 Å². The van der Waals surface area contributed by atoms with Crippen LogP contribution in [0.1, 0.15) is 48.3 Å². The number of nitrogens with one attached hydrogen (secondary N) is 1. The average molecular weight is 412 g/mol. The number of amides is 1. The van der Waals surface area contributed by atoms with Gasteiger partial charge in [-0.25, -0.2) is 28.1 Å². The summed E-state index contributed by atoms with van der Waals surface area (Å²) < 4.78 is 39.3. The van der Waals surface area contributed by atoms with E-state index in [-0.39, 0.29) is 17.8 Å². The molecule has 1 aromatic heterocycles. The Morgan fingerprint density at radius 2 is 1.73 bits per heavy atom. The molecular formula is C22H19F3N4O. The second-order valence-corrected chi connectivity index (χ2v) is 7.16. The number of aliphatic imine (C=N–C) groups is 1. The van der Waals surface area contributed by atoms with Crippen LogP contribution < -0.4 is 5.32 Å². The zero-order chi connectivity index (χ0) is 21.1. The van der Waals surface area contributed by atoms with Crippen molar-refractivity contribution in [2.75, 3.05) is 0 Å². The largest absolute Gasteiger partial charge is 0.349 e. The summed E-state index contributed by atoms with van der Waals surface area (Å²) in [6.07, 6.45) is -0.175. The van der Waals surface area contributed by atoms with Crippen LogP contribution in [0.4, 0.5) is 19.0 Å². The number of para-hydroxylation sites is 1. The van der Waals surface area contributed by atoms with Gasteiger partial charge in [0.15, 0.2) is 11.6 Å². The average Bonchev–Trinajstić information content (AvgIpc) is 2.75. The van der Waals surface area contributed by atoms with Crippen molar-refractivity contribution >= 4 is 28.3 Å². The third-order valence-electron chi connectivity index (χ3n) is 5.06. The molecule has 1 N–H and O–H groups in total. The highest BCUT2D eigenvalue weighted by molar-refractivity contribution is 5.95. The number of alkyl halides is 2. The van der Waals surface area contributed by atoms with Gasteiger partial charge >= 0.3 is 0 Å². The van der Waals surface area contributed by atoms with E-state index in [0.717, 1.165) is 5.71 Å². The quantitative estimate of drug-likeness (QED) is 0.644. The first-order valence-corrected chi connectivity index (χ1v) is 9.67. The molecule has 154 valence electrons. The molecule has 3 aromatic rings. The van der Waals surface area contributed by atoms with E-state index in [9.17, 15) is 18.0 Å². The van der Waals surface area contributed by atoms with Crippen molar-refractivity contribution in [2.24, 2.45) is 4.99 Å². The lowest BCUT2D eigenvalue weighted by atomic mass is 9.93. The van der Waals surface area contributed by atoms with Crippen molar-refractivity contribution in [3.8, 4) is 0 Å². The number of fused-ring (bicyclic) bond motifs is 1. The molecule has 1 aliphatic carbocycles. The zero-order valence-electron chi connectivity index (χ0n) is 16.0. The molecule has 1 fully saturated rings. The summed E-state index contributed by atoms with van der Waals surface area (Å²) >= 11 is 0. The molecule has 5 nitrogen and oxygen atoms in total. The SMILES string of the molecule is O=C(NC1CCC(=Nc2nc(C(F)F)nc3ccccc23)CC1)c1ccc(F)cc1. The fraction of sp³-hybridized carbons (Fsp3) is 0.273. The van der Waals surface area contributed by atoms with E-state index in [0.29, 0.717) is 42.1 Å². The highest BCUT2D eigenvalue weighted by Crippen LogP contribution is 2.28. The summed E-state index contributed by atoms with van der Waals surface area (Å²) in [5.41, 5.74) is 1.69. The summed E-state index contributed by atoms with van der Waals surface area (Å²) in [5.74, 6) is -0.922. The van der Waals surface area contributed by atoms with E-state index in [1.54, 1.807) is 24.3 Å². The molecular weight excluding hydrogens is 393 g/mol. The molecule has 0 radical (unpaired) electrons. The normalized spacial score (nSPS) is 16.7. The molecule has 0 bridgehead atoms. The van der Waals surface area contributed by atoms with E-state index in [4.69, 9.17) is 0 Å². The number of hydrogen-bond acceptors (Lipinski definition) is 4. The number of nitrogens with zero attached hydrogens (tertiary/aromatic N) is 3. The number of carbonyl (C=O) groups excluding carboxylic acids is 1. The molecule has 0 atom stereocenters. The first kappa shape index (κ1) is 20.0. The molecule has 0 aliphatic heterocycles.